The maximum absolute atomic E-state index is 13.8. The highest BCUT2D eigenvalue weighted by molar-refractivity contribution is 7.21. The topological polar surface area (TPSA) is 198 Å². The number of aromatic carboxylic acids is 2. The second kappa shape index (κ2) is 19.8. The lowest BCUT2D eigenvalue weighted by Gasteiger charge is -2.37. The summed E-state index contributed by atoms with van der Waals surface area (Å²) in [6.45, 7) is 3.98. The molecule has 0 aliphatic carbocycles. The Morgan fingerprint density at radius 3 is 1.82 bits per heavy atom. The zero-order chi connectivity index (χ0) is 50.3. The first-order chi connectivity index (χ1) is 35.6. The number of carbonyl (C=O) groups is 3. The largest absolute Gasteiger partial charge is 0.507 e. The van der Waals surface area contributed by atoms with Crippen molar-refractivity contribution in [2.24, 2.45) is 0 Å². The summed E-state index contributed by atoms with van der Waals surface area (Å²) in [6.07, 6.45) is 7.85. The average Bonchev–Trinajstić information content (AvgIpc) is 4.04. The number of benzene rings is 6. The number of nitrogens with zero attached hydrogens (tertiary/aromatic N) is 5. The van der Waals surface area contributed by atoms with Crippen LogP contribution in [0.25, 0.3) is 53.1 Å². The van der Waals surface area contributed by atoms with Crippen molar-refractivity contribution in [3.8, 4) is 33.5 Å². The summed E-state index contributed by atoms with van der Waals surface area (Å²) in [5, 5.41) is 40.9. The number of ketones is 1. The molecule has 3 N–H and O–H groups in total. The number of phenols is 1. The number of fused-ring (bicyclic) bond motifs is 4. The van der Waals surface area contributed by atoms with E-state index in [1.807, 2.05) is 54.6 Å². The van der Waals surface area contributed by atoms with Crippen molar-refractivity contribution in [2.75, 3.05) is 36.0 Å². The zero-order valence-corrected chi connectivity index (χ0v) is 41.2. The Labute approximate surface area is 426 Å². The Hall–Kier alpha value is -8.19. The number of thiazole rings is 2. The Morgan fingerprint density at radius 2 is 1.18 bits per heavy atom. The van der Waals surface area contributed by atoms with Crippen LogP contribution >= 0.6 is 22.7 Å². The number of rotatable bonds is 7. The van der Waals surface area contributed by atoms with Crippen LogP contribution in [0.2, 0.25) is 0 Å². The number of carbonyl (C=O) groups excluding carboxylic acids is 1. The molecule has 7 heterocycles. The molecule has 0 saturated heterocycles. The predicted octanol–water partition coefficient (Wildman–Crippen LogP) is 11.5. The number of para-hydroxylation sites is 2. The van der Waals surface area contributed by atoms with Gasteiger partial charge in [0.1, 0.15) is 26.9 Å². The van der Waals surface area contributed by atoms with Gasteiger partial charge in [0.15, 0.2) is 5.78 Å². The summed E-state index contributed by atoms with van der Waals surface area (Å²) in [7, 11) is 0. The van der Waals surface area contributed by atoms with E-state index in [1.165, 1.54) is 34.7 Å². The number of phenolic OH excluding ortho intramolecular Hbond substituents is 1. The van der Waals surface area contributed by atoms with Gasteiger partial charge in [0.2, 0.25) is 0 Å². The minimum atomic E-state index is -1.14. The van der Waals surface area contributed by atoms with E-state index in [0.29, 0.717) is 33.7 Å². The Kier molecular flexibility index (Phi) is 12.8. The number of hydrogen-bond donors (Lipinski definition) is 3. The van der Waals surface area contributed by atoms with Crippen molar-refractivity contribution in [1.82, 2.24) is 9.97 Å². The number of hydrogen-bond acceptors (Lipinski definition) is 13. The van der Waals surface area contributed by atoms with Crippen LogP contribution in [-0.2, 0) is 32.1 Å². The monoisotopic (exact) mass is 1010 g/mol. The lowest BCUT2D eigenvalue weighted by Crippen LogP contribution is -2.34. The van der Waals surface area contributed by atoms with E-state index in [9.17, 15) is 34.5 Å². The summed E-state index contributed by atoms with van der Waals surface area (Å²) >= 11 is 3.01. The fourth-order valence-electron chi connectivity index (χ4n) is 10.9. The van der Waals surface area contributed by atoms with Crippen LogP contribution in [0.4, 0.5) is 11.4 Å². The molecule has 0 saturated carbocycles. The second-order valence-electron chi connectivity index (χ2n) is 18.5. The van der Waals surface area contributed by atoms with Gasteiger partial charge in [-0.1, -0.05) is 60.7 Å². The molecule has 0 unspecified atom stereocenters. The van der Waals surface area contributed by atoms with Crippen LogP contribution in [0, 0.1) is 11.3 Å². The van der Waals surface area contributed by atoms with E-state index in [2.05, 4.69) is 26.9 Å². The molecule has 9 aromatic rings. The SMILES string of the molecule is N#CCc1nc2ccccc2s1.O=C(O)c1ccccc1-c1c(-c2nc3ccccc3s2)c(=O)oc2c3c4c(cc12)CCCN4CCC3.O=C(O)c1ccccc1C(=O)c1cc2c3c(c1O)CCCN3CCC2. The fraction of sp³-hybridized carbons (Fsp3) is 0.224. The van der Waals surface area contributed by atoms with Gasteiger partial charge in [-0.25, -0.2) is 24.4 Å². The van der Waals surface area contributed by atoms with Crippen LogP contribution in [-0.4, -0.2) is 69.2 Å². The molecule has 364 valence electrons. The summed E-state index contributed by atoms with van der Waals surface area (Å²) in [5.41, 5.74) is 10.2. The molecule has 0 amide bonds. The minimum absolute atomic E-state index is 0.00976. The van der Waals surface area contributed by atoms with E-state index >= 15 is 0 Å². The lowest BCUT2D eigenvalue weighted by molar-refractivity contribution is 0.0685. The zero-order valence-electron chi connectivity index (χ0n) is 39.5. The number of carboxylic acids is 2. The van der Waals surface area contributed by atoms with E-state index < -0.39 is 23.3 Å². The minimum Gasteiger partial charge on any atom is -0.507 e. The molecule has 0 atom stereocenters. The number of aromatic nitrogens is 2. The summed E-state index contributed by atoms with van der Waals surface area (Å²) in [6, 6.07) is 34.7. The van der Waals surface area contributed by atoms with Crippen molar-refractivity contribution in [2.45, 2.75) is 57.8 Å². The molecular formula is C58H47N5O8S2. The third-order valence-electron chi connectivity index (χ3n) is 14.0. The molecule has 4 aliphatic heterocycles. The third-order valence-corrected chi connectivity index (χ3v) is 16.1. The van der Waals surface area contributed by atoms with Gasteiger partial charge in [-0.2, -0.15) is 5.26 Å². The van der Waals surface area contributed by atoms with Crippen molar-refractivity contribution in [3.63, 3.8) is 0 Å². The highest BCUT2D eigenvalue weighted by Gasteiger charge is 2.33. The van der Waals surface area contributed by atoms with Crippen LogP contribution in [0.5, 0.6) is 5.75 Å². The van der Waals surface area contributed by atoms with Gasteiger partial charge < -0.3 is 29.5 Å². The van der Waals surface area contributed by atoms with Gasteiger partial charge in [-0.05, 0) is 117 Å². The maximum Gasteiger partial charge on any atom is 0.347 e. The molecular weight excluding hydrogens is 959 g/mol. The quantitative estimate of drug-likeness (QED) is 0.101. The molecule has 0 bridgehead atoms. The normalized spacial score (nSPS) is 14.3. The molecule has 6 aromatic carbocycles. The van der Waals surface area contributed by atoms with Crippen LogP contribution in [0.1, 0.15) is 89.6 Å². The van der Waals surface area contributed by atoms with Gasteiger partial charge in [0.05, 0.1) is 49.6 Å². The molecule has 3 aromatic heterocycles. The second-order valence-corrected chi connectivity index (χ2v) is 20.6. The molecule has 15 heteroatoms. The Morgan fingerprint density at radius 1 is 0.630 bits per heavy atom. The maximum atomic E-state index is 13.8. The molecule has 4 aliphatic rings. The van der Waals surface area contributed by atoms with Crippen LogP contribution in [0.3, 0.4) is 0 Å². The number of aryl methyl sites for hydroxylation is 3. The van der Waals surface area contributed by atoms with Crippen molar-refractivity contribution in [3.05, 3.63) is 169 Å². The van der Waals surface area contributed by atoms with E-state index in [1.54, 1.807) is 47.7 Å². The number of anilines is 2. The predicted molar refractivity (Wildman–Crippen MR) is 285 cm³/mol. The van der Waals surface area contributed by atoms with Gasteiger partial charge in [-0.15, -0.1) is 22.7 Å². The first-order valence-corrected chi connectivity index (χ1v) is 26.0. The first-order valence-electron chi connectivity index (χ1n) is 24.4. The van der Waals surface area contributed by atoms with Crippen LogP contribution < -0.4 is 15.4 Å². The van der Waals surface area contributed by atoms with Crippen molar-refractivity contribution >= 4 is 83.2 Å². The standard InChI is InChI=1S/C29H22N2O4S.C20H19NO4.C9H6N2S/c32-28(33)18-9-2-1-8-17(18)23-20-15-16-7-5-13-31-14-6-10-19(25(16)31)26(20)35-29(34)24(23)27-30-21-11-3-4-12-22(21)36-27;22-18(13-6-1-2-7-14(13)20(24)25)16-11-12-5-3-9-21-10-4-8-15(17(12)21)19(16)23;10-6-5-9-11-7-3-1-2-4-8(7)12-9/h1-4,8-9,11-12,15H,5-7,10,13-14H2,(H,32,33);1-2,6-7,11,23H,3-5,8-10H2,(H,24,25);1-4H,5H2. The summed E-state index contributed by atoms with van der Waals surface area (Å²) in [4.78, 5) is 64.3. The summed E-state index contributed by atoms with van der Waals surface area (Å²) < 4.78 is 8.23. The molecule has 0 radical (unpaired) electrons. The Bertz CT molecular complexity index is 3740. The smallest absolute Gasteiger partial charge is 0.347 e. The van der Waals surface area contributed by atoms with Gasteiger partial charge in [-0.3, -0.25) is 4.79 Å². The van der Waals surface area contributed by atoms with Crippen molar-refractivity contribution in [1.29, 1.82) is 5.26 Å². The number of aromatic hydroxyl groups is 1. The molecule has 13 nitrogen and oxygen atoms in total. The third kappa shape index (κ3) is 8.76. The molecule has 13 rings (SSSR count). The summed E-state index contributed by atoms with van der Waals surface area (Å²) in [5.74, 6) is -2.60. The van der Waals surface area contributed by atoms with Gasteiger partial charge >= 0.3 is 17.6 Å². The molecule has 0 fully saturated rings. The highest BCUT2D eigenvalue weighted by atomic mass is 32.1. The highest BCUT2D eigenvalue weighted by Crippen LogP contribution is 2.47. The van der Waals surface area contributed by atoms with E-state index in [0.717, 1.165) is 131 Å². The first kappa shape index (κ1) is 47.2. The number of carboxylic acid groups (broad SMARTS) is 2. The van der Waals surface area contributed by atoms with E-state index in [-0.39, 0.29) is 28.0 Å². The lowest BCUT2D eigenvalue weighted by atomic mass is 9.86. The van der Waals surface area contributed by atoms with E-state index in [4.69, 9.17) is 14.7 Å². The van der Waals surface area contributed by atoms with Crippen molar-refractivity contribution < 1.29 is 34.1 Å². The van der Waals surface area contributed by atoms with Crippen LogP contribution in [0.15, 0.2) is 118 Å². The van der Waals surface area contributed by atoms with Gasteiger partial charge in [0, 0.05) is 65.2 Å². The fourth-order valence-corrected chi connectivity index (χ4v) is 12.9. The average molecular weight is 1010 g/mol. The number of nitriles is 1. The Balaban J connectivity index is 0.000000134. The molecule has 73 heavy (non-hydrogen) atoms. The molecule has 0 spiro atoms. The van der Waals surface area contributed by atoms with Gasteiger partial charge in [0.25, 0.3) is 0 Å².